The third-order valence-corrected chi connectivity index (χ3v) is 4.10. The Morgan fingerprint density at radius 2 is 2.00 bits per heavy atom. The van der Waals surface area contributed by atoms with Gasteiger partial charge in [0, 0.05) is 11.6 Å². The molecule has 0 radical (unpaired) electrons. The van der Waals surface area contributed by atoms with Gasteiger partial charge in [-0.3, -0.25) is 4.79 Å². The third-order valence-electron chi connectivity index (χ3n) is 2.37. The van der Waals surface area contributed by atoms with Gasteiger partial charge in [0.05, 0.1) is 10.6 Å². The summed E-state index contributed by atoms with van der Waals surface area (Å²) in [7, 11) is -3.23. The van der Waals surface area contributed by atoms with Crippen molar-refractivity contribution in [1.82, 2.24) is 0 Å². The van der Waals surface area contributed by atoms with E-state index < -0.39 is 9.84 Å². The van der Waals surface area contributed by atoms with Gasteiger partial charge in [-0.15, -0.1) is 0 Å². The molecule has 0 saturated heterocycles. The van der Waals surface area contributed by atoms with Crippen molar-refractivity contribution in [3.8, 4) is 0 Å². The van der Waals surface area contributed by atoms with Crippen molar-refractivity contribution >= 4 is 21.4 Å². The van der Waals surface area contributed by atoms with Crippen molar-refractivity contribution < 1.29 is 13.2 Å². The number of hydrogen-bond donors (Lipinski definition) is 1. The molecule has 0 spiro atoms. The van der Waals surface area contributed by atoms with Gasteiger partial charge in [0.2, 0.25) is 5.91 Å². The fourth-order valence-corrected chi connectivity index (χ4v) is 2.15. The highest BCUT2D eigenvalue weighted by molar-refractivity contribution is 7.91. The highest BCUT2D eigenvalue weighted by atomic mass is 32.2. The predicted octanol–water partition coefficient (Wildman–Crippen LogP) is 2.07. The first-order chi connectivity index (χ1) is 7.86. The quantitative estimate of drug-likeness (QED) is 0.895. The van der Waals surface area contributed by atoms with Crippen molar-refractivity contribution in [1.29, 1.82) is 0 Å². The van der Waals surface area contributed by atoms with Gasteiger partial charge < -0.3 is 5.32 Å². The zero-order valence-corrected chi connectivity index (χ0v) is 11.0. The normalized spacial score (nSPS) is 11.5. The van der Waals surface area contributed by atoms with Crippen LogP contribution in [0.5, 0.6) is 0 Å². The zero-order chi connectivity index (χ0) is 13.1. The molecular weight excluding hydrogens is 238 g/mol. The van der Waals surface area contributed by atoms with Gasteiger partial charge in [-0.25, -0.2) is 8.42 Å². The smallest absolute Gasteiger partial charge is 0.226 e. The van der Waals surface area contributed by atoms with Crippen molar-refractivity contribution in [3.05, 3.63) is 24.3 Å². The van der Waals surface area contributed by atoms with Crippen molar-refractivity contribution in [2.45, 2.75) is 25.7 Å². The summed E-state index contributed by atoms with van der Waals surface area (Å²) in [5.74, 6) is -0.216. The summed E-state index contributed by atoms with van der Waals surface area (Å²) in [6.07, 6.45) is 0. The Morgan fingerprint density at radius 3 is 2.53 bits per heavy atom. The standard InChI is InChI=1S/C12H17NO3S/c1-4-17(15,16)11-7-5-6-10(8-11)13-12(14)9(2)3/h5-9H,4H2,1-3H3,(H,13,14). The Kier molecular flexibility index (Phi) is 4.28. The molecule has 0 aliphatic rings. The maximum absolute atomic E-state index is 11.7. The molecule has 0 aromatic heterocycles. The van der Waals surface area contributed by atoms with Crippen molar-refractivity contribution in [3.63, 3.8) is 0 Å². The first kappa shape index (κ1) is 13.7. The highest BCUT2D eigenvalue weighted by Crippen LogP contribution is 2.17. The van der Waals surface area contributed by atoms with Crippen LogP contribution in [0.4, 0.5) is 5.69 Å². The minimum Gasteiger partial charge on any atom is -0.326 e. The Hall–Kier alpha value is -1.36. The molecule has 17 heavy (non-hydrogen) atoms. The highest BCUT2D eigenvalue weighted by Gasteiger charge is 2.13. The lowest BCUT2D eigenvalue weighted by molar-refractivity contribution is -0.118. The lowest BCUT2D eigenvalue weighted by Crippen LogP contribution is -2.18. The molecule has 1 N–H and O–H groups in total. The summed E-state index contributed by atoms with van der Waals surface area (Å²) in [6, 6.07) is 6.32. The Morgan fingerprint density at radius 1 is 1.35 bits per heavy atom. The van der Waals surface area contributed by atoms with Gasteiger partial charge in [0.25, 0.3) is 0 Å². The Labute approximate surface area is 102 Å². The van der Waals surface area contributed by atoms with Gasteiger partial charge in [0.1, 0.15) is 0 Å². The second-order valence-electron chi connectivity index (χ2n) is 4.08. The number of amides is 1. The summed E-state index contributed by atoms with van der Waals surface area (Å²) in [5.41, 5.74) is 0.512. The van der Waals surface area contributed by atoms with Gasteiger partial charge >= 0.3 is 0 Å². The monoisotopic (exact) mass is 255 g/mol. The summed E-state index contributed by atoms with van der Waals surface area (Å²) in [5, 5.41) is 2.67. The van der Waals surface area contributed by atoms with Crippen LogP contribution in [-0.2, 0) is 14.6 Å². The van der Waals surface area contributed by atoms with Crippen LogP contribution in [0.2, 0.25) is 0 Å². The topological polar surface area (TPSA) is 63.2 Å². The second-order valence-corrected chi connectivity index (χ2v) is 6.35. The molecule has 0 atom stereocenters. The van der Waals surface area contributed by atoms with Crippen LogP contribution in [0.15, 0.2) is 29.2 Å². The fourth-order valence-electron chi connectivity index (χ4n) is 1.22. The van der Waals surface area contributed by atoms with E-state index in [1.807, 2.05) is 0 Å². The molecule has 0 heterocycles. The number of nitrogens with one attached hydrogen (secondary N) is 1. The van der Waals surface area contributed by atoms with Crippen molar-refractivity contribution in [2.24, 2.45) is 5.92 Å². The van der Waals surface area contributed by atoms with E-state index in [1.165, 1.54) is 12.1 Å². The van der Waals surface area contributed by atoms with Crippen LogP contribution in [0.25, 0.3) is 0 Å². The molecular formula is C12H17NO3S. The minimum atomic E-state index is -3.23. The van der Waals surface area contributed by atoms with Gasteiger partial charge in [-0.1, -0.05) is 26.8 Å². The van der Waals surface area contributed by atoms with Crippen LogP contribution in [-0.4, -0.2) is 20.1 Å². The summed E-state index contributed by atoms with van der Waals surface area (Å²) >= 11 is 0. The molecule has 0 aliphatic carbocycles. The van der Waals surface area contributed by atoms with Crippen LogP contribution in [0.3, 0.4) is 0 Å². The van der Waals surface area contributed by atoms with Crippen LogP contribution in [0.1, 0.15) is 20.8 Å². The molecule has 5 heteroatoms. The summed E-state index contributed by atoms with van der Waals surface area (Å²) < 4.78 is 23.3. The number of carbonyl (C=O) groups is 1. The number of hydrogen-bond acceptors (Lipinski definition) is 3. The summed E-state index contributed by atoms with van der Waals surface area (Å²) in [6.45, 7) is 5.15. The number of carbonyl (C=O) groups excluding carboxylic acids is 1. The molecule has 0 saturated carbocycles. The first-order valence-electron chi connectivity index (χ1n) is 5.50. The zero-order valence-electron chi connectivity index (χ0n) is 10.2. The lowest BCUT2D eigenvalue weighted by Gasteiger charge is -2.09. The van der Waals surface area contributed by atoms with Gasteiger partial charge in [-0.2, -0.15) is 0 Å². The predicted molar refractivity (Wildman–Crippen MR) is 67.6 cm³/mol. The molecule has 0 aliphatic heterocycles. The maximum Gasteiger partial charge on any atom is 0.226 e. The van der Waals surface area contributed by atoms with E-state index in [2.05, 4.69) is 5.32 Å². The largest absolute Gasteiger partial charge is 0.326 e. The van der Waals surface area contributed by atoms with E-state index in [1.54, 1.807) is 32.9 Å². The van der Waals surface area contributed by atoms with E-state index in [-0.39, 0.29) is 22.5 Å². The number of benzene rings is 1. The van der Waals surface area contributed by atoms with E-state index >= 15 is 0 Å². The second kappa shape index (κ2) is 5.31. The Bertz CT molecular complexity index is 506. The molecule has 1 aromatic rings. The average Bonchev–Trinajstić information content (AvgIpc) is 2.29. The number of anilines is 1. The molecule has 0 unspecified atom stereocenters. The lowest BCUT2D eigenvalue weighted by atomic mass is 10.2. The average molecular weight is 255 g/mol. The Balaban J connectivity index is 2.99. The SMILES string of the molecule is CCS(=O)(=O)c1cccc(NC(=O)C(C)C)c1. The van der Waals surface area contributed by atoms with Gasteiger partial charge in [0.15, 0.2) is 9.84 Å². The fraction of sp³-hybridized carbons (Fsp3) is 0.417. The third kappa shape index (κ3) is 3.56. The van der Waals surface area contributed by atoms with E-state index in [0.717, 1.165) is 0 Å². The summed E-state index contributed by atoms with van der Waals surface area (Å²) in [4.78, 5) is 11.7. The first-order valence-corrected chi connectivity index (χ1v) is 7.15. The van der Waals surface area contributed by atoms with Crippen LogP contribution in [0, 0.1) is 5.92 Å². The molecule has 1 rings (SSSR count). The van der Waals surface area contributed by atoms with E-state index in [9.17, 15) is 13.2 Å². The molecule has 0 bridgehead atoms. The minimum absolute atomic E-state index is 0.0502. The number of rotatable bonds is 4. The van der Waals surface area contributed by atoms with E-state index in [4.69, 9.17) is 0 Å². The van der Waals surface area contributed by atoms with Crippen molar-refractivity contribution in [2.75, 3.05) is 11.1 Å². The molecule has 1 amide bonds. The van der Waals surface area contributed by atoms with Crippen LogP contribution < -0.4 is 5.32 Å². The van der Waals surface area contributed by atoms with Gasteiger partial charge in [-0.05, 0) is 18.2 Å². The van der Waals surface area contributed by atoms with Crippen LogP contribution >= 0.6 is 0 Å². The molecule has 0 fully saturated rings. The van der Waals surface area contributed by atoms with E-state index in [0.29, 0.717) is 5.69 Å². The maximum atomic E-state index is 11.7. The molecule has 94 valence electrons. The molecule has 1 aromatic carbocycles. The molecule has 4 nitrogen and oxygen atoms in total. The number of sulfone groups is 1.